The molecule has 96 valence electrons. The first kappa shape index (κ1) is 13.8. The second-order valence-electron chi connectivity index (χ2n) is 3.10. The van der Waals surface area contributed by atoms with Crippen LogP contribution in [0.4, 0.5) is 11.8 Å². The van der Waals surface area contributed by atoms with Gasteiger partial charge in [0.25, 0.3) is 0 Å². The lowest BCUT2D eigenvalue weighted by molar-refractivity contribution is -0.0152. The van der Waals surface area contributed by atoms with Gasteiger partial charge in [0.05, 0.1) is 19.8 Å². The highest BCUT2D eigenvalue weighted by atomic mass is 35.5. The van der Waals surface area contributed by atoms with Gasteiger partial charge in [-0.25, -0.2) is 0 Å². The van der Waals surface area contributed by atoms with Crippen molar-refractivity contribution in [1.82, 2.24) is 15.2 Å². The Morgan fingerprint density at radius 1 is 1.35 bits per heavy atom. The fourth-order valence-electron chi connectivity index (χ4n) is 0.952. The molecule has 0 aliphatic heterocycles. The van der Waals surface area contributed by atoms with Crippen LogP contribution in [0, 0.1) is 0 Å². The number of nitrogens with two attached hydrogens (primary N) is 1. The van der Waals surface area contributed by atoms with Crippen molar-refractivity contribution >= 4 is 23.4 Å². The highest BCUT2D eigenvalue weighted by Crippen LogP contribution is 2.11. The Bertz CT molecular complexity index is 350. The number of nitrogens with one attached hydrogen (secondary N) is 1. The van der Waals surface area contributed by atoms with Crippen molar-refractivity contribution in [1.29, 1.82) is 0 Å². The van der Waals surface area contributed by atoms with E-state index in [1.54, 1.807) is 0 Å². The lowest BCUT2D eigenvalue weighted by Gasteiger charge is -2.12. The van der Waals surface area contributed by atoms with E-state index in [-0.39, 0.29) is 36.7 Å². The Balaban J connectivity index is 2.28. The molecule has 0 amide bonds. The molecule has 0 radical (unpaired) electrons. The number of aliphatic hydroxyl groups is 2. The molecule has 0 spiro atoms. The third kappa shape index (κ3) is 4.65. The monoisotopic (exact) mass is 263 g/mol. The van der Waals surface area contributed by atoms with Crippen LogP contribution in [0.1, 0.15) is 0 Å². The van der Waals surface area contributed by atoms with E-state index >= 15 is 0 Å². The van der Waals surface area contributed by atoms with E-state index in [4.69, 9.17) is 32.3 Å². The predicted molar refractivity (Wildman–Crippen MR) is 61.7 cm³/mol. The molecule has 0 fully saturated rings. The zero-order chi connectivity index (χ0) is 12.7. The molecule has 9 heteroatoms. The number of hydrogen-bond acceptors (Lipinski definition) is 8. The average Bonchev–Trinajstić information content (AvgIpc) is 2.34. The maximum absolute atomic E-state index is 8.74. The summed E-state index contributed by atoms with van der Waals surface area (Å²) < 4.78 is 5.12. The molecule has 1 aromatic heterocycles. The largest absolute Gasteiger partial charge is 0.394 e. The Kier molecular flexibility index (Phi) is 5.84. The van der Waals surface area contributed by atoms with E-state index in [0.717, 1.165) is 0 Å². The van der Waals surface area contributed by atoms with Crippen LogP contribution in [0.25, 0.3) is 0 Å². The third-order valence-corrected chi connectivity index (χ3v) is 2.09. The second kappa shape index (κ2) is 7.17. The molecule has 0 aromatic carbocycles. The van der Waals surface area contributed by atoms with Crippen LogP contribution in [0.5, 0.6) is 0 Å². The summed E-state index contributed by atoms with van der Waals surface area (Å²) >= 11 is 5.55. The minimum atomic E-state index is -0.578. The van der Waals surface area contributed by atoms with Gasteiger partial charge in [-0.05, 0) is 0 Å². The van der Waals surface area contributed by atoms with E-state index in [1.807, 2.05) is 0 Å². The number of hydrogen-bond donors (Lipinski definition) is 4. The third-order valence-electron chi connectivity index (χ3n) is 1.82. The van der Waals surface area contributed by atoms with Crippen LogP contribution in [-0.4, -0.2) is 57.9 Å². The normalized spacial score (nSPS) is 10.8. The van der Waals surface area contributed by atoms with Crippen molar-refractivity contribution in [3.8, 4) is 0 Å². The standard InChI is InChI=1S/C8H14ClN5O3/c9-6-7(10)12-8(14-13-6)11-1-2-17-5(3-15)4-16/h5,15-16H,1-4H2,(H3,10,11,12,14). The fraction of sp³-hybridized carbons (Fsp3) is 0.625. The van der Waals surface area contributed by atoms with Crippen LogP contribution in [0.2, 0.25) is 5.15 Å². The number of nitrogens with zero attached hydrogens (tertiary/aromatic N) is 3. The molecule has 17 heavy (non-hydrogen) atoms. The second-order valence-corrected chi connectivity index (χ2v) is 3.45. The minimum absolute atomic E-state index is 0.0485. The quantitative estimate of drug-likeness (QED) is 0.456. The van der Waals surface area contributed by atoms with Crippen LogP contribution in [-0.2, 0) is 4.74 Å². The van der Waals surface area contributed by atoms with Crippen LogP contribution < -0.4 is 11.1 Å². The molecule has 5 N–H and O–H groups in total. The first-order valence-electron chi connectivity index (χ1n) is 4.90. The zero-order valence-electron chi connectivity index (χ0n) is 9.01. The van der Waals surface area contributed by atoms with Gasteiger partial charge in [-0.2, -0.15) is 4.98 Å². The van der Waals surface area contributed by atoms with Crippen molar-refractivity contribution in [2.24, 2.45) is 0 Å². The molecule has 8 nitrogen and oxygen atoms in total. The molecule has 1 rings (SSSR count). The number of anilines is 2. The number of aliphatic hydroxyl groups excluding tert-OH is 2. The smallest absolute Gasteiger partial charge is 0.244 e. The molecule has 0 saturated heterocycles. The summed E-state index contributed by atoms with van der Waals surface area (Å²) in [7, 11) is 0. The van der Waals surface area contributed by atoms with Gasteiger partial charge in [-0.15, -0.1) is 10.2 Å². The first-order chi connectivity index (χ1) is 8.17. The summed E-state index contributed by atoms with van der Waals surface area (Å²) in [6, 6.07) is 0. The first-order valence-corrected chi connectivity index (χ1v) is 5.28. The topological polar surface area (TPSA) is 126 Å². The van der Waals surface area contributed by atoms with E-state index < -0.39 is 6.10 Å². The number of ether oxygens (including phenoxy) is 1. The number of halogens is 1. The summed E-state index contributed by atoms with van der Waals surface area (Å²) in [6.07, 6.45) is -0.578. The van der Waals surface area contributed by atoms with Crippen molar-refractivity contribution in [3.63, 3.8) is 0 Å². The van der Waals surface area contributed by atoms with Crippen molar-refractivity contribution in [3.05, 3.63) is 5.15 Å². The predicted octanol–water partition coefficient (Wildman–Crippen LogP) is -1.11. The Labute approximate surface area is 103 Å². The SMILES string of the molecule is Nc1nc(NCCOC(CO)CO)nnc1Cl. The summed E-state index contributed by atoms with van der Waals surface area (Å²) in [6.45, 7) is 0.196. The van der Waals surface area contributed by atoms with Gasteiger partial charge >= 0.3 is 0 Å². The highest BCUT2D eigenvalue weighted by molar-refractivity contribution is 6.31. The van der Waals surface area contributed by atoms with E-state index in [0.29, 0.717) is 6.54 Å². The van der Waals surface area contributed by atoms with Gasteiger partial charge in [0.15, 0.2) is 11.0 Å². The van der Waals surface area contributed by atoms with Gasteiger partial charge in [0, 0.05) is 6.54 Å². The molecular weight excluding hydrogens is 250 g/mol. The molecule has 0 aliphatic carbocycles. The van der Waals surface area contributed by atoms with E-state index in [2.05, 4.69) is 20.5 Å². The van der Waals surface area contributed by atoms with Crippen molar-refractivity contribution in [2.45, 2.75) is 6.10 Å². The average molecular weight is 264 g/mol. The van der Waals surface area contributed by atoms with Crippen LogP contribution in [0.3, 0.4) is 0 Å². The molecule has 0 bridgehead atoms. The number of aromatic nitrogens is 3. The molecule has 0 aliphatic rings. The summed E-state index contributed by atoms with van der Waals surface area (Å²) in [5.41, 5.74) is 5.43. The van der Waals surface area contributed by atoms with Crippen molar-refractivity contribution in [2.75, 3.05) is 37.4 Å². The lowest BCUT2D eigenvalue weighted by Crippen LogP contribution is -2.25. The van der Waals surface area contributed by atoms with Gasteiger partial charge < -0.3 is 26.0 Å². The summed E-state index contributed by atoms with van der Waals surface area (Å²) in [5, 5.41) is 27.6. The molecular formula is C8H14ClN5O3. The van der Waals surface area contributed by atoms with E-state index in [9.17, 15) is 0 Å². The molecule has 0 unspecified atom stereocenters. The Hall–Kier alpha value is -1.22. The van der Waals surface area contributed by atoms with Gasteiger partial charge in [0.2, 0.25) is 5.95 Å². The summed E-state index contributed by atoms with van der Waals surface area (Å²) in [4.78, 5) is 3.84. The van der Waals surface area contributed by atoms with Crippen LogP contribution in [0.15, 0.2) is 0 Å². The summed E-state index contributed by atoms with van der Waals surface area (Å²) in [5.74, 6) is 0.328. The molecule has 1 heterocycles. The van der Waals surface area contributed by atoms with Crippen molar-refractivity contribution < 1.29 is 14.9 Å². The molecule has 1 aromatic rings. The Morgan fingerprint density at radius 2 is 2.06 bits per heavy atom. The van der Waals surface area contributed by atoms with Gasteiger partial charge in [0.1, 0.15) is 6.10 Å². The van der Waals surface area contributed by atoms with Crippen LogP contribution >= 0.6 is 11.6 Å². The van der Waals surface area contributed by atoms with Gasteiger partial charge in [-0.3, -0.25) is 0 Å². The highest BCUT2D eigenvalue weighted by Gasteiger charge is 2.06. The minimum Gasteiger partial charge on any atom is -0.394 e. The number of nitrogen functional groups attached to an aromatic ring is 1. The maximum Gasteiger partial charge on any atom is 0.244 e. The maximum atomic E-state index is 8.74. The van der Waals surface area contributed by atoms with Gasteiger partial charge in [-0.1, -0.05) is 11.6 Å². The zero-order valence-corrected chi connectivity index (χ0v) is 9.76. The fourth-order valence-corrected chi connectivity index (χ4v) is 1.03. The number of rotatable bonds is 7. The lowest BCUT2D eigenvalue weighted by atomic mass is 10.4. The Morgan fingerprint density at radius 3 is 2.65 bits per heavy atom. The molecule has 0 atom stereocenters. The van der Waals surface area contributed by atoms with E-state index in [1.165, 1.54) is 0 Å². The molecule has 0 saturated carbocycles.